The number of imidazole rings is 1. The van der Waals surface area contributed by atoms with Crippen molar-refractivity contribution in [3.05, 3.63) is 162 Å². The lowest BCUT2D eigenvalue weighted by Gasteiger charge is -2.38. The number of hydrogen-bond donors (Lipinski definition) is 0. The van der Waals surface area contributed by atoms with E-state index in [1.807, 2.05) is 48.9 Å². The largest absolute Gasteiger partial charge is 0.327 e. The van der Waals surface area contributed by atoms with Gasteiger partial charge in [-0.1, -0.05) is 141 Å². The van der Waals surface area contributed by atoms with Gasteiger partial charge in [0.2, 0.25) is 0 Å². The summed E-state index contributed by atoms with van der Waals surface area (Å²) in [6.45, 7) is 4.67. The molecule has 0 aliphatic rings. The van der Waals surface area contributed by atoms with Gasteiger partial charge in [0.15, 0.2) is 0 Å². The molecule has 0 aliphatic heterocycles. The van der Waals surface area contributed by atoms with Crippen LogP contribution in [-0.2, 0) is 5.16 Å². The maximum absolute atomic E-state index is 6.12. The van der Waals surface area contributed by atoms with Crippen molar-refractivity contribution in [1.82, 2.24) is 9.55 Å². The molecule has 0 N–H and O–H groups in total. The maximum atomic E-state index is 6.12. The summed E-state index contributed by atoms with van der Waals surface area (Å²) in [6.07, 6.45) is 5.96. The predicted octanol–water partition coefficient (Wildman–Crippen LogP) is 6.57. The molecule has 4 heteroatoms. The van der Waals surface area contributed by atoms with E-state index in [0.29, 0.717) is 5.54 Å². The van der Waals surface area contributed by atoms with Gasteiger partial charge in [0.05, 0.1) is 28.9 Å². The van der Waals surface area contributed by atoms with Crippen molar-refractivity contribution < 1.29 is 0 Å². The zero-order valence-corrected chi connectivity index (χ0v) is 22.5. The quantitative estimate of drug-likeness (QED) is 0.239. The summed E-state index contributed by atoms with van der Waals surface area (Å²) in [5.74, 6) is -0.0163. The minimum absolute atomic E-state index is 0.0163. The highest BCUT2D eigenvalue weighted by molar-refractivity contribution is 6.43. The third kappa shape index (κ3) is 5.95. The molecule has 178 valence electrons. The predicted molar refractivity (Wildman–Crippen MR) is 155 cm³/mol. The van der Waals surface area contributed by atoms with Gasteiger partial charge in [0.25, 0.3) is 0 Å². The molecular weight excluding hydrogens is 451 g/mol. The minimum Gasteiger partial charge on any atom is -0.327 e. The molecule has 5 aromatic rings. The van der Waals surface area contributed by atoms with E-state index in [0.717, 1.165) is 11.1 Å². The Morgan fingerprint density at radius 3 is 1.44 bits per heavy atom. The molecule has 0 bridgehead atoms. The van der Waals surface area contributed by atoms with Gasteiger partial charge in [0, 0.05) is 12.4 Å². The molecule has 0 atom stereocenters. The molecule has 1 aromatic heterocycles. The lowest BCUT2D eigenvalue weighted by atomic mass is 9.76. The molecule has 1 heterocycles. The van der Waals surface area contributed by atoms with Crippen molar-refractivity contribution in [3.8, 4) is 0 Å². The van der Waals surface area contributed by atoms with Gasteiger partial charge in [-0.25, -0.2) is 4.98 Å². The summed E-state index contributed by atoms with van der Waals surface area (Å²) < 4.78 is 2.31. The van der Waals surface area contributed by atoms with Gasteiger partial charge in [-0.05, 0) is 28.1 Å². The molecule has 0 saturated heterocycles. The fraction of sp³-hybridized carbons (Fsp3) is 0.156. The average molecular weight is 485 g/mol. The SMILES string of the molecule is CC(C)[SiH2]C(c1ccccc1)(c1ccccc1)n1ccnc1.[B]C(c1ccccc1)c1ccccc1. The smallest absolute Gasteiger partial charge is 0.0953 e. The summed E-state index contributed by atoms with van der Waals surface area (Å²) in [7, 11) is 5.63. The molecular formula is C32H33BN2Si. The number of hydrogen-bond acceptors (Lipinski definition) is 1. The van der Waals surface area contributed by atoms with E-state index in [4.69, 9.17) is 7.85 Å². The molecule has 5 rings (SSSR count). The highest BCUT2D eigenvalue weighted by atomic mass is 28.2. The molecule has 2 nitrogen and oxygen atoms in total. The van der Waals surface area contributed by atoms with Crippen LogP contribution in [0.2, 0.25) is 5.54 Å². The van der Waals surface area contributed by atoms with Crippen molar-refractivity contribution in [1.29, 1.82) is 0 Å². The van der Waals surface area contributed by atoms with Gasteiger partial charge in [-0.15, -0.1) is 0 Å². The summed E-state index contributed by atoms with van der Waals surface area (Å²) in [4.78, 5) is 4.33. The number of aromatic nitrogens is 2. The fourth-order valence-corrected chi connectivity index (χ4v) is 7.34. The Kier molecular flexibility index (Phi) is 8.75. The average Bonchev–Trinajstić information content (AvgIpc) is 3.49. The van der Waals surface area contributed by atoms with Crippen LogP contribution in [0, 0.1) is 0 Å². The van der Waals surface area contributed by atoms with E-state index < -0.39 is 9.52 Å². The maximum Gasteiger partial charge on any atom is 0.0953 e. The second-order valence-electron chi connectivity index (χ2n) is 9.46. The summed E-state index contributed by atoms with van der Waals surface area (Å²) >= 11 is 0. The van der Waals surface area contributed by atoms with Gasteiger partial charge in [-0.2, -0.15) is 0 Å². The van der Waals surface area contributed by atoms with Crippen LogP contribution in [-0.4, -0.2) is 26.9 Å². The third-order valence-electron chi connectivity index (χ3n) is 6.47. The number of nitrogens with zero attached hydrogens (tertiary/aromatic N) is 2. The van der Waals surface area contributed by atoms with E-state index >= 15 is 0 Å². The molecule has 0 spiro atoms. The molecule has 0 unspecified atom stereocenters. The molecule has 0 saturated carbocycles. The van der Waals surface area contributed by atoms with Crippen molar-refractivity contribution in [2.45, 2.75) is 30.4 Å². The first-order valence-corrected chi connectivity index (χ1v) is 14.1. The van der Waals surface area contributed by atoms with E-state index in [2.05, 4.69) is 115 Å². The molecule has 0 aliphatic carbocycles. The van der Waals surface area contributed by atoms with Crippen LogP contribution in [0.4, 0.5) is 0 Å². The first kappa shape index (κ1) is 25.5. The zero-order valence-electron chi connectivity index (χ0n) is 21.1. The highest BCUT2D eigenvalue weighted by Gasteiger charge is 2.36. The lowest BCUT2D eigenvalue weighted by molar-refractivity contribution is 0.585. The topological polar surface area (TPSA) is 17.8 Å². The summed E-state index contributed by atoms with van der Waals surface area (Å²) in [6, 6.07) is 42.0. The van der Waals surface area contributed by atoms with Crippen molar-refractivity contribution >= 4 is 17.4 Å². The van der Waals surface area contributed by atoms with Crippen molar-refractivity contribution in [3.63, 3.8) is 0 Å². The third-order valence-corrected chi connectivity index (χ3v) is 9.06. The van der Waals surface area contributed by atoms with Gasteiger partial charge < -0.3 is 4.57 Å². The minimum atomic E-state index is -0.489. The first-order chi connectivity index (χ1) is 17.6. The van der Waals surface area contributed by atoms with Crippen molar-refractivity contribution in [2.24, 2.45) is 0 Å². The van der Waals surface area contributed by atoms with Crippen LogP contribution in [0.1, 0.15) is 41.9 Å². The van der Waals surface area contributed by atoms with E-state index in [1.165, 1.54) is 11.1 Å². The lowest BCUT2D eigenvalue weighted by Crippen LogP contribution is -2.42. The molecule has 4 aromatic carbocycles. The van der Waals surface area contributed by atoms with Gasteiger partial charge in [0.1, 0.15) is 0 Å². The van der Waals surface area contributed by atoms with E-state index in [1.54, 1.807) is 0 Å². The zero-order chi connectivity index (χ0) is 25.2. The molecule has 0 amide bonds. The molecule has 2 radical (unpaired) electrons. The Morgan fingerprint density at radius 2 is 1.08 bits per heavy atom. The second kappa shape index (κ2) is 12.4. The Bertz CT molecular complexity index is 1200. The summed E-state index contributed by atoms with van der Waals surface area (Å²) in [5, 5.41) is -0.0762. The van der Waals surface area contributed by atoms with Crippen molar-refractivity contribution in [2.75, 3.05) is 0 Å². The van der Waals surface area contributed by atoms with Crippen LogP contribution in [0.15, 0.2) is 140 Å². The number of benzene rings is 4. The number of rotatable bonds is 7. The molecule has 36 heavy (non-hydrogen) atoms. The Morgan fingerprint density at radius 1 is 0.667 bits per heavy atom. The van der Waals surface area contributed by atoms with Crippen LogP contribution >= 0.6 is 0 Å². The normalized spacial score (nSPS) is 11.6. The van der Waals surface area contributed by atoms with Crippen LogP contribution in [0.3, 0.4) is 0 Å². The van der Waals surface area contributed by atoms with E-state index in [9.17, 15) is 0 Å². The van der Waals surface area contributed by atoms with Crippen LogP contribution in [0.25, 0.3) is 0 Å². The second-order valence-corrected chi connectivity index (χ2v) is 12.5. The highest BCUT2D eigenvalue weighted by Crippen LogP contribution is 2.35. The Labute approximate surface area is 219 Å². The fourth-order valence-electron chi connectivity index (χ4n) is 4.82. The monoisotopic (exact) mass is 484 g/mol. The first-order valence-electron chi connectivity index (χ1n) is 12.6. The molecule has 0 fully saturated rings. The Hall–Kier alpha value is -3.63. The van der Waals surface area contributed by atoms with Crippen LogP contribution < -0.4 is 0 Å². The van der Waals surface area contributed by atoms with Gasteiger partial charge >= 0.3 is 0 Å². The van der Waals surface area contributed by atoms with Gasteiger partial charge in [-0.3, -0.25) is 0 Å². The summed E-state index contributed by atoms with van der Waals surface area (Å²) in [5.41, 5.74) is 5.72. The van der Waals surface area contributed by atoms with Crippen LogP contribution in [0.5, 0.6) is 0 Å². The van der Waals surface area contributed by atoms with E-state index in [-0.39, 0.29) is 11.0 Å². The standard InChI is InChI=1S/C19H22N2Si.C13H11B/c1-16(2)22-19(21-14-13-20-15-21,17-9-5-3-6-10-17)18-11-7-4-8-12-18;14-13(11-7-3-1-4-8-11)12-9-5-2-6-10-12/h3-16H,22H2,1-2H3;1-10,13H. The Balaban J connectivity index is 0.000000187.